The number of nitrogens with one attached hydrogen (secondary N) is 1. The van der Waals surface area contributed by atoms with E-state index in [1.807, 2.05) is 6.07 Å². The summed E-state index contributed by atoms with van der Waals surface area (Å²) in [6.07, 6.45) is 2.82. The van der Waals surface area contributed by atoms with Crippen molar-refractivity contribution < 1.29 is 4.79 Å². The lowest BCUT2D eigenvalue weighted by atomic mass is 9.92. The van der Waals surface area contributed by atoms with Gasteiger partial charge >= 0.3 is 0 Å². The fourth-order valence-electron chi connectivity index (χ4n) is 3.94. The molecule has 3 heterocycles. The van der Waals surface area contributed by atoms with Gasteiger partial charge in [-0.05, 0) is 37.9 Å². The van der Waals surface area contributed by atoms with Crippen LogP contribution in [0.4, 0.5) is 0 Å². The van der Waals surface area contributed by atoms with Gasteiger partial charge in [0.05, 0.1) is 5.69 Å². The van der Waals surface area contributed by atoms with Gasteiger partial charge in [-0.15, -0.1) is 0 Å². The fraction of sp³-hybridized carbons (Fsp3) is 0.762. The SMILES string of the molecule is CC(C)(C)c1ccc(=O)n(CC2CCN(CCN3CCNC(=O)CC3)CC2)n1. The van der Waals surface area contributed by atoms with E-state index >= 15 is 0 Å². The van der Waals surface area contributed by atoms with Crippen LogP contribution in [0.15, 0.2) is 16.9 Å². The average Bonchev–Trinajstić information content (AvgIpc) is 2.86. The van der Waals surface area contributed by atoms with Crippen LogP contribution in [0.3, 0.4) is 0 Å². The molecule has 0 unspecified atom stereocenters. The Morgan fingerprint density at radius 2 is 1.71 bits per heavy atom. The molecule has 2 fully saturated rings. The average molecular weight is 390 g/mol. The largest absolute Gasteiger partial charge is 0.355 e. The molecule has 2 saturated heterocycles. The van der Waals surface area contributed by atoms with Crippen LogP contribution < -0.4 is 10.9 Å². The Labute approximate surface area is 168 Å². The number of carbonyl (C=O) groups is 1. The van der Waals surface area contributed by atoms with Crippen LogP contribution in [0, 0.1) is 5.92 Å². The van der Waals surface area contributed by atoms with Gasteiger partial charge in [-0.25, -0.2) is 4.68 Å². The van der Waals surface area contributed by atoms with Crippen molar-refractivity contribution in [2.45, 2.75) is 52.0 Å². The summed E-state index contributed by atoms with van der Waals surface area (Å²) in [4.78, 5) is 28.6. The Balaban J connectivity index is 1.45. The molecule has 1 aromatic heterocycles. The van der Waals surface area contributed by atoms with Crippen molar-refractivity contribution in [1.82, 2.24) is 24.9 Å². The molecule has 0 saturated carbocycles. The van der Waals surface area contributed by atoms with E-state index in [9.17, 15) is 9.59 Å². The minimum Gasteiger partial charge on any atom is -0.355 e. The van der Waals surface area contributed by atoms with E-state index in [-0.39, 0.29) is 16.9 Å². The normalized spacial score (nSPS) is 20.8. The van der Waals surface area contributed by atoms with E-state index in [4.69, 9.17) is 0 Å². The molecule has 156 valence electrons. The molecule has 7 heteroatoms. The minimum atomic E-state index is -0.0493. The van der Waals surface area contributed by atoms with Crippen molar-refractivity contribution in [2.75, 3.05) is 45.8 Å². The Bertz CT molecular complexity index is 716. The number of hydrogen-bond donors (Lipinski definition) is 1. The monoisotopic (exact) mass is 389 g/mol. The van der Waals surface area contributed by atoms with Gasteiger partial charge in [-0.1, -0.05) is 20.8 Å². The third-order valence-electron chi connectivity index (χ3n) is 5.91. The highest BCUT2D eigenvalue weighted by Crippen LogP contribution is 2.20. The summed E-state index contributed by atoms with van der Waals surface area (Å²) in [5.74, 6) is 0.680. The summed E-state index contributed by atoms with van der Waals surface area (Å²) in [5, 5.41) is 7.55. The topological polar surface area (TPSA) is 70.5 Å². The van der Waals surface area contributed by atoms with Crippen LogP contribution in [0.5, 0.6) is 0 Å². The van der Waals surface area contributed by atoms with Gasteiger partial charge in [0.15, 0.2) is 0 Å². The highest BCUT2D eigenvalue weighted by atomic mass is 16.1. The summed E-state index contributed by atoms with van der Waals surface area (Å²) < 4.78 is 1.67. The molecule has 0 aliphatic carbocycles. The number of nitrogens with zero attached hydrogens (tertiary/aromatic N) is 4. The first-order valence-electron chi connectivity index (χ1n) is 10.6. The number of likely N-dealkylation sites (tertiary alicyclic amines) is 1. The third kappa shape index (κ3) is 5.88. The van der Waals surface area contributed by atoms with Crippen LogP contribution in [-0.2, 0) is 16.8 Å². The molecule has 1 amide bonds. The molecule has 3 rings (SSSR count). The van der Waals surface area contributed by atoms with Crippen LogP contribution in [0.1, 0.15) is 45.7 Å². The first-order chi connectivity index (χ1) is 13.3. The van der Waals surface area contributed by atoms with Crippen molar-refractivity contribution in [1.29, 1.82) is 0 Å². The quantitative estimate of drug-likeness (QED) is 0.816. The summed E-state index contributed by atoms with van der Waals surface area (Å²) in [6.45, 7) is 13.9. The molecule has 0 aromatic carbocycles. The van der Waals surface area contributed by atoms with Crippen LogP contribution >= 0.6 is 0 Å². The van der Waals surface area contributed by atoms with Crippen molar-refractivity contribution >= 4 is 5.91 Å². The third-order valence-corrected chi connectivity index (χ3v) is 5.91. The molecule has 0 spiro atoms. The highest BCUT2D eigenvalue weighted by molar-refractivity contribution is 5.76. The molecule has 2 aliphatic heterocycles. The maximum Gasteiger partial charge on any atom is 0.266 e. The second kappa shape index (κ2) is 9.18. The zero-order valence-corrected chi connectivity index (χ0v) is 17.6. The standard InChI is InChI=1S/C21H35N5O2/c1-21(2,3)18-4-5-20(28)26(23-18)16-17-6-10-24(11-7-17)14-15-25-12-8-19(27)22-9-13-25/h4-5,17H,6-16H2,1-3H3,(H,22,27). The van der Waals surface area contributed by atoms with E-state index in [1.54, 1.807) is 10.7 Å². The molecule has 28 heavy (non-hydrogen) atoms. The van der Waals surface area contributed by atoms with Gasteiger partial charge < -0.3 is 10.2 Å². The molecule has 0 atom stereocenters. The van der Waals surface area contributed by atoms with Crippen LogP contribution in [0.2, 0.25) is 0 Å². The lowest BCUT2D eigenvalue weighted by molar-refractivity contribution is -0.120. The molecule has 0 radical (unpaired) electrons. The summed E-state index contributed by atoms with van der Waals surface area (Å²) in [5.41, 5.74) is 0.918. The highest BCUT2D eigenvalue weighted by Gasteiger charge is 2.22. The van der Waals surface area contributed by atoms with Crippen molar-refractivity contribution in [3.05, 3.63) is 28.2 Å². The number of piperidine rings is 1. The number of amides is 1. The van der Waals surface area contributed by atoms with Gasteiger partial charge in [0, 0.05) is 57.2 Å². The van der Waals surface area contributed by atoms with Gasteiger partial charge in [-0.2, -0.15) is 5.10 Å². The Morgan fingerprint density at radius 1 is 1.04 bits per heavy atom. The second-order valence-corrected chi connectivity index (χ2v) is 9.22. The number of carbonyl (C=O) groups excluding carboxylic acids is 1. The van der Waals surface area contributed by atoms with Gasteiger partial charge in [-0.3, -0.25) is 14.5 Å². The van der Waals surface area contributed by atoms with E-state index in [0.29, 0.717) is 12.3 Å². The van der Waals surface area contributed by atoms with E-state index in [0.717, 1.165) is 70.9 Å². The number of aromatic nitrogens is 2. The number of rotatable bonds is 5. The summed E-state index contributed by atoms with van der Waals surface area (Å²) in [7, 11) is 0. The van der Waals surface area contributed by atoms with Gasteiger partial charge in [0.1, 0.15) is 0 Å². The predicted octanol–water partition coefficient (Wildman–Crippen LogP) is 1.07. The fourth-order valence-corrected chi connectivity index (χ4v) is 3.94. The van der Waals surface area contributed by atoms with Crippen molar-refractivity contribution in [3.8, 4) is 0 Å². The maximum absolute atomic E-state index is 12.2. The van der Waals surface area contributed by atoms with Crippen molar-refractivity contribution in [2.24, 2.45) is 5.92 Å². The first kappa shape index (κ1) is 21.0. The smallest absolute Gasteiger partial charge is 0.266 e. The molecular formula is C21H35N5O2. The maximum atomic E-state index is 12.2. The Morgan fingerprint density at radius 3 is 2.39 bits per heavy atom. The van der Waals surface area contributed by atoms with E-state index in [1.165, 1.54) is 0 Å². The van der Waals surface area contributed by atoms with E-state index < -0.39 is 0 Å². The lowest BCUT2D eigenvalue weighted by Gasteiger charge is -2.33. The second-order valence-electron chi connectivity index (χ2n) is 9.22. The van der Waals surface area contributed by atoms with Gasteiger partial charge in [0.25, 0.3) is 5.56 Å². The Hall–Kier alpha value is -1.73. The molecule has 2 aliphatic rings. The van der Waals surface area contributed by atoms with Gasteiger partial charge in [0.2, 0.25) is 5.91 Å². The summed E-state index contributed by atoms with van der Waals surface area (Å²) in [6, 6.07) is 3.51. The molecule has 1 aromatic rings. The lowest BCUT2D eigenvalue weighted by Crippen LogP contribution is -2.41. The van der Waals surface area contributed by atoms with Crippen LogP contribution in [0.25, 0.3) is 0 Å². The molecular weight excluding hydrogens is 354 g/mol. The first-order valence-corrected chi connectivity index (χ1v) is 10.6. The molecule has 0 bridgehead atoms. The zero-order valence-electron chi connectivity index (χ0n) is 17.6. The molecule has 1 N–H and O–H groups in total. The van der Waals surface area contributed by atoms with E-state index in [2.05, 4.69) is 41.0 Å². The van der Waals surface area contributed by atoms with Crippen LogP contribution in [-0.4, -0.2) is 71.3 Å². The minimum absolute atomic E-state index is 0.000232. The predicted molar refractivity (Wildman–Crippen MR) is 110 cm³/mol. The summed E-state index contributed by atoms with van der Waals surface area (Å²) >= 11 is 0. The molecule has 7 nitrogen and oxygen atoms in total. The van der Waals surface area contributed by atoms with Crippen molar-refractivity contribution in [3.63, 3.8) is 0 Å². The number of hydrogen-bond acceptors (Lipinski definition) is 5. The zero-order chi connectivity index (χ0) is 20.1. The Kier molecular flexibility index (Phi) is 6.88.